The summed E-state index contributed by atoms with van der Waals surface area (Å²) in [5.74, 6) is 1.37. The Hall–Kier alpha value is -2.06. The molecule has 0 saturated heterocycles. The van der Waals surface area contributed by atoms with E-state index >= 15 is 0 Å². The monoisotopic (exact) mass is 366 g/mol. The molecule has 128 valence electrons. The fourth-order valence-electron chi connectivity index (χ4n) is 1.84. The SMILES string of the molecule is COC(=O)Cc1csc(NC(=O)CSCc2cccc(OC)c2)n1. The molecule has 1 aromatic heterocycles. The molecule has 0 aliphatic carbocycles. The Balaban J connectivity index is 1.76. The van der Waals surface area contributed by atoms with E-state index in [1.807, 2.05) is 24.3 Å². The molecule has 6 nitrogen and oxygen atoms in total. The zero-order valence-corrected chi connectivity index (χ0v) is 15.0. The number of thiazole rings is 1. The van der Waals surface area contributed by atoms with E-state index in [9.17, 15) is 9.59 Å². The van der Waals surface area contributed by atoms with Gasteiger partial charge in [0.1, 0.15) is 5.75 Å². The summed E-state index contributed by atoms with van der Waals surface area (Å²) >= 11 is 2.80. The molecule has 0 spiro atoms. The first-order valence-electron chi connectivity index (χ1n) is 7.12. The largest absolute Gasteiger partial charge is 0.497 e. The summed E-state index contributed by atoms with van der Waals surface area (Å²) in [6.45, 7) is 0. The van der Waals surface area contributed by atoms with Crippen LogP contribution in [0.3, 0.4) is 0 Å². The highest BCUT2D eigenvalue weighted by molar-refractivity contribution is 7.99. The van der Waals surface area contributed by atoms with Gasteiger partial charge in [-0.1, -0.05) is 12.1 Å². The minimum atomic E-state index is -0.355. The van der Waals surface area contributed by atoms with Crippen molar-refractivity contribution in [3.05, 3.63) is 40.9 Å². The number of anilines is 1. The van der Waals surface area contributed by atoms with E-state index in [0.29, 0.717) is 16.6 Å². The molecule has 0 fully saturated rings. The molecule has 24 heavy (non-hydrogen) atoms. The summed E-state index contributed by atoms with van der Waals surface area (Å²) in [7, 11) is 2.96. The van der Waals surface area contributed by atoms with Crippen molar-refractivity contribution in [1.82, 2.24) is 4.98 Å². The second-order valence-electron chi connectivity index (χ2n) is 4.79. The average Bonchev–Trinajstić information content (AvgIpc) is 3.01. The van der Waals surface area contributed by atoms with Crippen molar-refractivity contribution in [2.75, 3.05) is 25.3 Å². The lowest BCUT2D eigenvalue weighted by Gasteiger charge is -2.04. The van der Waals surface area contributed by atoms with Crippen LogP contribution in [0, 0.1) is 0 Å². The van der Waals surface area contributed by atoms with Crippen LogP contribution in [0.1, 0.15) is 11.3 Å². The Morgan fingerprint density at radius 2 is 2.17 bits per heavy atom. The van der Waals surface area contributed by atoms with Crippen LogP contribution in [0.4, 0.5) is 5.13 Å². The second-order valence-corrected chi connectivity index (χ2v) is 6.63. The quantitative estimate of drug-likeness (QED) is 0.724. The number of benzene rings is 1. The van der Waals surface area contributed by atoms with Crippen LogP contribution in [-0.4, -0.2) is 36.8 Å². The molecule has 8 heteroatoms. The van der Waals surface area contributed by atoms with Crippen molar-refractivity contribution in [3.8, 4) is 5.75 Å². The Morgan fingerprint density at radius 3 is 2.92 bits per heavy atom. The molecule has 0 radical (unpaired) electrons. The zero-order chi connectivity index (χ0) is 17.4. The summed E-state index contributed by atoms with van der Waals surface area (Å²) in [6, 6.07) is 7.75. The molecule has 1 aromatic carbocycles. The van der Waals surface area contributed by atoms with Gasteiger partial charge >= 0.3 is 5.97 Å². The van der Waals surface area contributed by atoms with Crippen molar-refractivity contribution in [3.63, 3.8) is 0 Å². The van der Waals surface area contributed by atoms with Gasteiger partial charge in [0.25, 0.3) is 0 Å². The number of rotatable bonds is 8. The Labute approximate surface area is 148 Å². The minimum absolute atomic E-state index is 0.105. The number of hydrogen-bond acceptors (Lipinski definition) is 7. The third-order valence-electron chi connectivity index (χ3n) is 2.99. The number of aromatic nitrogens is 1. The number of esters is 1. The summed E-state index contributed by atoms with van der Waals surface area (Å²) < 4.78 is 9.75. The predicted octanol–water partition coefficient (Wildman–Crippen LogP) is 2.74. The van der Waals surface area contributed by atoms with Gasteiger partial charge in [-0.15, -0.1) is 23.1 Å². The number of ether oxygens (including phenoxy) is 2. The van der Waals surface area contributed by atoms with Gasteiger partial charge in [-0.2, -0.15) is 0 Å². The van der Waals surface area contributed by atoms with E-state index in [4.69, 9.17) is 4.74 Å². The Bertz CT molecular complexity index is 703. The first kappa shape index (κ1) is 18.3. The molecule has 0 aliphatic heterocycles. The maximum atomic E-state index is 11.9. The summed E-state index contributed by atoms with van der Waals surface area (Å²) in [4.78, 5) is 27.3. The average molecular weight is 366 g/mol. The van der Waals surface area contributed by atoms with E-state index in [2.05, 4.69) is 15.0 Å². The predicted molar refractivity (Wildman–Crippen MR) is 95.6 cm³/mol. The van der Waals surface area contributed by atoms with Crippen LogP contribution in [0.5, 0.6) is 5.75 Å². The topological polar surface area (TPSA) is 77.5 Å². The van der Waals surface area contributed by atoms with Crippen LogP contribution in [-0.2, 0) is 26.5 Å². The van der Waals surface area contributed by atoms with Gasteiger partial charge in [0.2, 0.25) is 5.91 Å². The lowest BCUT2D eigenvalue weighted by molar-refractivity contribution is -0.139. The molecule has 1 heterocycles. The molecule has 1 amide bonds. The highest BCUT2D eigenvalue weighted by atomic mass is 32.2. The van der Waals surface area contributed by atoms with Crippen molar-refractivity contribution in [1.29, 1.82) is 0 Å². The summed E-state index contributed by atoms with van der Waals surface area (Å²) in [5, 5.41) is 4.95. The fraction of sp³-hybridized carbons (Fsp3) is 0.312. The maximum Gasteiger partial charge on any atom is 0.311 e. The van der Waals surface area contributed by atoms with Crippen LogP contribution in [0.2, 0.25) is 0 Å². The Kier molecular flexibility index (Phi) is 7.07. The second kappa shape index (κ2) is 9.29. The van der Waals surface area contributed by atoms with Gasteiger partial charge in [0.15, 0.2) is 5.13 Å². The number of carbonyl (C=O) groups is 2. The molecule has 0 atom stereocenters. The van der Waals surface area contributed by atoms with Gasteiger partial charge in [-0.25, -0.2) is 4.98 Å². The lowest BCUT2D eigenvalue weighted by atomic mass is 10.2. The summed E-state index contributed by atoms with van der Waals surface area (Å²) in [5.41, 5.74) is 1.69. The molecule has 0 unspecified atom stereocenters. The minimum Gasteiger partial charge on any atom is -0.497 e. The fourth-order valence-corrected chi connectivity index (χ4v) is 3.35. The number of methoxy groups -OCH3 is 2. The van der Waals surface area contributed by atoms with Crippen molar-refractivity contribution in [2.24, 2.45) is 0 Å². The number of carbonyl (C=O) groups excluding carboxylic acids is 2. The highest BCUT2D eigenvalue weighted by Gasteiger charge is 2.10. The maximum absolute atomic E-state index is 11.9. The molecular formula is C16H18N2O4S2. The van der Waals surface area contributed by atoms with Gasteiger partial charge in [-0.3, -0.25) is 9.59 Å². The van der Waals surface area contributed by atoms with Gasteiger partial charge in [-0.05, 0) is 17.7 Å². The van der Waals surface area contributed by atoms with Crippen molar-refractivity contribution < 1.29 is 19.1 Å². The van der Waals surface area contributed by atoms with E-state index in [-0.39, 0.29) is 18.3 Å². The first-order valence-corrected chi connectivity index (χ1v) is 9.16. The molecule has 0 aliphatic rings. The van der Waals surface area contributed by atoms with Crippen molar-refractivity contribution >= 4 is 40.1 Å². The lowest BCUT2D eigenvalue weighted by Crippen LogP contribution is -2.14. The van der Waals surface area contributed by atoms with Crippen molar-refractivity contribution in [2.45, 2.75) is 12.2 Å². The van der Waals surface area contributed by atoms with E-state index in [0.717, 1.165) is 17.1 Å². The number of nitrogens with zero attached hydrogens (tertiary/aromatic N) is 1. The molecule has 2 aromatic rings. The zero-order valence-electron chi connectivity index (χ0n) is 13.4. The van der Waals surface area contributed by atoms with Gasteiger partial charge in [0.05, 0.1) is 32.1 Å². The van der Waals surface area contributed by atoms with Gasteiger partial charge < -0.3 is 14.8 Å². The standard InChI is InChI=1S/C16H18N2O4S2/c1-21-13-5-3-4-11(6-13)8-23-10-14(19)18-16-17-12(9-24-16)7-15(20)22-2/h3-6,9H,7-8,10H2,1-2H3,(H,17,18,19). The van der Waals surface area contributed by atoms with Crippen LogP contribution in [0.25, 0.3) is 0 Å². The third-order valence-corrected chi connectivity index (χ3v) is 4.80. The molecule has 0 saturated carbocycles. The highest BCUT2D eigenvalue weighted by Crippen LogP contribution is 2.19. The number of amides is 1. The number of nitrogens with one attached hydrogen (secondary N) is 1. The molecule has 2 rings (SSSR count). The van der Waals surface area contributed by atoms with Crippen LogP contribution < -0.4 is 10.1 Å². The Morgan fingerprint density at radius 1 is 1.33 bits per heavy atom. The smallest absolute Gasteiger partial charge is 0.311 e. The number of thioether (sulfide) groups is 1. The molecular weight excluding hydrogens is 348 g/mol. The van der Waals surface area contributed by atoms with Crippen LogP contribution in [0.15, 0.2) is 29.6 Å². The molecule has 1 N–H and O–H groups in total. The first-order chi connectivity index (χ1) is 11.6. The molecule has 0 bridgehead atoms. The normalized spacial score (nSPS) is 10.2. The van der Waals surface area contributed by atoms with E-state index in [1.165, 1.54) is 30.2 Å². The van der Waals surface area contributed by atoms with Gasteiger partial charge in [0, 0.05) is 11.1 Å². The summed E-state index contributed by atoms with van der Waals surface area (Å²) in [6.07, 6.45) is 0.105. The number of hydrogen-bond donors (Lipinski definition) is 1. The van der Waals surface area contributed by atoms with E-state index in [1.54, 1.807) is 12.5 Å². The van der Waals surface area contributed by atoms with Crippen LogP contribution >= 0.6 is 23.1 Å². The van der Waals surface area contributed by atoms with E-state index < -0.39 is 0 Å². The third kappa shape index (κ3) is 5.86.